The highest BCUT2D eigenvalue weighted by Gasteiger charge is 2.29. The Kier molecular flexibility index (Phi) is 6.22. The molecule has 0 aliphatic carbocycles. The highest BCUT2D eigenvalue weighted by atomic mass is 19.1. The fraction of sp³-hybridized carbons (Fsp3) is 0.269. The number of anilines is 1. The Morgan fingerprint density at radius 2 is 1.91 bits per heavy atom. The fourth-order valence-corrected chi connectivity index (χ4v) is 4.38. The largest absolute Gasteiger partial charge is 0.347 e. The van der Waals surface area contributed by atoms with Gasteiger partial charge in [0.2, 0.25) is 5.95 Å². The van der Waals surface area contributed by atoms with Crippen molar-refractivity contribution in [1.82, 2.24) is 29.6 Å². The molecule has 1 unspecified atom stereocenters. The zero-order chi connectivity index (χ0) is 24.4. The molecule has 178 valence electrons. The van der Waals surface area contributed by atoms with Crippen molar-refractivity contribution in [2.75, 3.05) is 32.1 Å². The smallest absolute Gasteiger partial charge is 0.255 e. The summed E-state index contributed by atoms with van der Waals surface area (Å²) in [5.41, 5.74) is 3.13. The van der Waals surface area contributed by atoms with Crippen LogP contribution in [-0.4, -0.2) is 62.7 Å². The van der Waals surface area contributed by atoms with Crippen molar-refractivity contribution in [2.45, 2.75) is 18.8 Å². The summed E-state index contributed by atoms with van der Waals surface area (Å²) >= 11 is 0. The number of piperidine rings is 1. The maximum atomic E-state index is 13.5. The summed E-state index contributed by atoms with van der Waals surface area (Å²) in [4.78, 5) is 30.8. The van der Waals surface area contributed by atoms with Gasteiger partial charge in [0, 0.05) is 63.5 Å². The predicted molar refractivity (Wildman–Crippen MR) is 131 cm³/mol. The monoisotopic (exact) mass is 471 g/mol. The number of hydrogen-bond donors (Lipinski definition) is 0. The maximum absolute atomic E-state index is 13.5. The van der Waals surface area contributed by atoms with Gasteiger partial charge in [-0.2, -0.15) is 5.10 Å². The predicted octanol–water partition coefficient (Wildman–Crippen LogP) is 3.95. The average Bonchev–Trinajstić information content (AvgIpc) is 3.44. The average molecular weight is 472 g/mol. The van der Waals surface area contributed by atoms with Crippen molar-refractivity contribution in [3.05, 3.63) is 84.3 Å². The van der Waals surface area contributed by atoms with Crippen LogP contribution in [0.25, 0.3) is 16.9 Å². The van der Waals surface area contributed by atoms with Gasteiger partial charge >= 0.3 is 0 Å². The normalized spacial score (nSPS) is 15.7. The van der Waals surface area contributed by atoms with Gasteiger partial charge in [0.05, 0.1) is 11.3 Å². The Hall–Kier alpha value is -4.14. The lowest BCUT2D eigenvalue weighted by molar-refractivity contribution is 0.0705. The van der Waals surface area contributed by atoms with Gasteiger partial charge in [0.1, 0.15) is 5.82 Å². The molecule has 1 aromatic carbocycles. The lowest BCUT2D eigenvalue weighted by Gasteiger charge is -2.33. The maximum Gasteiger partial charge on any atom is 0.255 e. The van der Waals surface area contributed by atoms with Crippen LogP contribution in [-0.2, 0) is 0 Å². The standard InChI is InChI=1S/C26H26FN7O/c1-32(2)26-29-16-22(18-6-9-21(27)10-7-18)24(31-26)20-5-3-13-33(17-20)25(35)19-8-11-23(28-15-19)34-14-4-12-30-34/h4,6-12,14-16,20H,3,5,13,17H2,1-2H3. The molecule has 4 heterocycles. The Morgan fingerprint density at radius 3 is 2.60 bits per heavy atom. The Morgan fingerprint density at radius 1 is 1.09 bits per heavy atom. The highest BCUT2D eigenvalue weighted by molar-refractivity contribution is 5.94. The summed E-state index contributed by atoms with van der Waals surface area (Å²) in [6, 6.07) is 11.8. The van der Waals surface area contributed by atoms with E-state index in [1.165, 1.54) is 12.1 Å². The van der Waals surface area contributed by atoms with E-state index in [4.69, 9.17) is 4.98 Å². The Balaban J connectivity index is 1.41. The molecule has 1 aliphatic rings. The molecular formula is C26H26FN7O. The molecule has 0 spiro atoms. The topological polar surface area (TPSA) is 80.0 Å². The zero-order valence-corrected chi connectivity index (χ0v) is 19.7. The number of carbonyl (C=O) groups is 1. The molecule has 1 saturated heterocycles. The number of amides is 1. The van der Waals surface area contributed by atoms with E-state index in [1.54, 1.807) is 47.5 Å². The molecule has 1 atom stereocenters. The molecule has 0 bridgehead atoms. The Bertz CT molecular complexity index is 1300. The van der Waals surface area contributed by atoms with Crippen molar-refractivity contribution >= 4 is 11.9 Å². The van der Waals surface area contributed by atoms with E-state index in [0.717, 1.165) is 29.7 Å². The molecule has 1 fully saturated rings. The summed E-state index contributed by atoms with van der Waals surface area (Å²) in [7, 11) is 3.79. The quantitative estimate of drug-likeness (QED) is 0.439. The molecule has 1 amide bonds. The van der Waals surface area contributed by atoms with E-state index in [2.05, 4.69) is 15.1 Å². The first-order valence-electron chi connectivity index (χ1n) is 11.5. The van der Waals surface area contributed by atoms with E-state index in [9.17, 15) is 9.18 Å². The van der Waals surface area contributed by atoms with Gasteiger partial charge < -0.3 is 9.80 Å². The van der Waals surface area contributed by atoms with E-state index in [0.29, 0.717) is 30.4 Å². The summed E-state index contributed by atoms with van der Waals surface area (Å²) in [5.74, 6) is 0.949. The van der Waals surface area contributed by atoms with Crippen LogP contribution in [0.5, 0.6) is 0 Å². The van der Waals surface area contributed by atoms with Crippen LogP contribution in [0, 0.1) is 5.82 Å². The van der Waals surface area contributed by atoms with Crippen molar-refractivity contribution in [1.29, 1.82) is 0 Å². The van der Waals surface area contributed by atoms with Crippen molar-refractivity contribution in [3.8, 4) is 16.9 Å². The van der Waals surface area contributed by atoms with Crippen LogP contribution in [0.1, 0.15) is 34.8 Å². The number of halogens is 1. The minimum atomic E-state index is -0.289. The second kappa shape index (κ2) is 9.61. The molecule has 4 aromatic rings. The van der Waals surface area contributed by atoms with Gasteiger partial charge in [-0.15, -0.1) is 0 Å². The van der Waals surface area contributed by atoms with Gasteiger partial charge in [0.25, 0.3) is 5.91 Å². The minimum Gasteiger partial charge on any atom is -0.347 e. The summed E-state index contributed by atoms with van der Waals surface area (Å²) < 4.78 is 15.2. The van der Waals surface area contributed by atoms with Gasteiger partial charge in [0.15, 0.2) is 5.82 Å². The lowest BCUT2D eigenvalue weighted by atomic mass is 9.89. The molecule has 1 aliphatic heterocycles. The number of rotatable bonds is 5. The molecule has 9 heteroatoms. The van der Waals surface area contributed by atoms with Crippen LogP contribution in [0.4, 0.5) is 10.3 Å². The first-order chi connectivity index (χ1) is 17.0. The van der Waals surface area contributed by atoms with Gasteiger partial charge in [-0.1, -0.05) is 12.1 Å². The SMILES string of the molecule is CN(C)c1ncc(-c2ccc(F)cc2)c(C2CCCN(C(=O)c3ccc(-n4cccn4)nc3)C2)n1. The van der Waals surface area contributed by atoms with E-state index in [-0.39, 0.29) is 17.6 Å². The second-order valence-corrected chi connectivity index (χ2v) is 8.82. The molecule has 3 aromatic heterocycles. The van der Waals surface area contributed by atoms with Gasteiger partial charge in [-0.25, -0.2) is 24.0 Å². The third kappa shape index (κ3) is 4.75. The van der Waals surface area contributed by atoms with E-state index < -0.39 is 0 Å². The molecule has 0 saturated carbocycles. The number of nitrogens with zero attached hydrogens (tertiary/aromatic N) is 7. The molecular weight excluding hydrogens is 445 g/mol. The first kappa shape index (κ1) is 22.6. The van der Waals surface area contributed by atoms with Crippen LogP contribution >= 0.6 is 0 Å². The van der Waals surface area contributed by atoms with Crippen LogP contribution in [0.2, 0.25) is 0 Å². The summed E-state index contributed by atoms with van der Waals surface area (Å²) in [6.45, 7) is 1.21. The van der Waals surface area contributed by atoms with Crippen LogP contribution in [0.15, 0.2) is 67.3 Å². The van der Waals surface area contributed by atoms with Crippen molar-refractivity contribution in [3.63, 3.8) is 0 Å². The third-order valence-electron chi connectivity index (χ3n) is 6.19. The summed E-state index contributed by atoms with van der Waals surface area (Å²) in [5, 5.41) is 4.17. The number of hydrogen-bond acceptors (Lipinski definition) is 6. The number of carbonyl (C=O) groups excluding carboxylic acids is 1. The van der Waals surface area contributed by atoms with Crippen molar-refractivity contribution < 1.29 is 9.18 Å². The number of likely N-dealkylation sites (tertiary alicyclic amines) is 1. The molecule has 0 N–H and O–H groups in total. The lowest BCUT2D eigenvalue weighted by Crippen LogP contribution is -2.39. The fourth-order valence-electron chi connectivity index (χ4n) is 4.38. The molecule has 5 rings (SSSR count). The second-order valence-electron chi connectivity index (χ2n) is 8.82. The zero-order valence-electron chi connectivity index (χ0n) is 19.7. The van der Waals surface area contributed by atoms with Gasteiger partial charge in [-0.3, -0.25) is 4.79 Å². The van der Waals surface area contributed by atoms with E-state index in [1.807, 2.05) is 36.2 Å². The van der Waals surface area contributed by atoms with Crippen LogP contribution < -0.4 is 4.90 Å². The number of aromatic nitrogens is 5. The molecule has 0 radical (unpaired) electrons. The molecule has 8 nitrogen and oxygen atoms in total. The number of pyridine rings is 1. The minimum absolute atomic E-state index is 0.0331. The highest BCUT2D eigenvalue weighted by Crippen LogP contribution is 2.34. The first-order valence-corrected chi connectivity index (χ1v) is 11.5. The van der Waals surface area contributed by atoms with E-state index >= 15 is 0 Å². The number of benzene rings is 1. The Labute approximate surface area is 203 Å². The summed E-state index contributed by atoms with van der Waals surface area (Å²) in [6.07, 6.45) is 8.65. The third-order valence-corrected chi connectivity index (χ3v) is 6.19. The molecule has 35 heavy (non-hydrogen) atoms. The van der Waals surface area contributed by atoms with Gasteiger partial charge in [-0.05, 0) is 48.7 Å². The van der Waals surface area contributed by atoms with Crippen molar-refractivity contribution in [2.24, 2.45) is 0 Å². The van der Waals surface area contributed by atoms with Crippen LogP contribution in [0.3, 0.4) is 0 Å².